The van der Waals surface area contributed by atoms with E-state index in [0.717, 1.165) is 44.1 Å². The highest BCUT2D eigenvalue weighted by Gasteiger charge is 2.57. The first-order valence-electron chi connectivity index (χ1n) is 14.6. The van der Waals surface area contributed by atoms with Crippen LogP contribution in [0.1, 0.15) is 64.4 Å². The molecular weight excluding hydrogens is 541 g/mol. The van der Waals surface area contributed by atoms with E-state index in [2.05, 4.69) is 19.9 Å². The second kappa shape index (κ2) is 12.5. The number of fused-ring (bicyclic) bond motifs is 3. The molecule has 216 valence electrons. The summed E-state index contributed by atoms with van der Waals surface area (Å²) in [7, 11) is -1.69. The SMILES string of the molecule is CCCC1=C2[C@@H](CC/C(=C/c3ccc(O)cc3Cl)CCC)OC[C@@H]2[C@@H]2C(=O)N(c3cccc(B(O)O)c3)C(=O)[C@@H]2C1. The van der Waals surface area contributed by atoms with E-state index in [1.165, 1.54) is 27.7 Å². The summed E-state index contributed by atoms with van der Waals surface area (Å²) >= 11 is 6.38. The second-order valence-electron chi connectivity index (χ2n) is 11.4. The highest BCUT2D eigenvalue weighted by Crippen LogP contribution is 2.51. The highest BCUT2D eigenvalue weighted by molar-refractivity contribution is 6.58. The van der Waals surface area contributed by atoms with Gasteiger partial charge in [0.1, 0.15) is 5.75 Å². The van der Waals surface area contributed by atoms with Crippen molar-refractivity contribution in [1.29, 1.82) is 0 Å². The lowest BCUT2D eigenvalue weighted by molar-refractivity contribution is -0.122. The number of allylic oxidation sites excluding steroid dienone is 2. The first kappa shape index (κ1) is 29.6. The lowest BCUT2D eigenvalue weighted by Crippen LogP contribution is -2.35. The Hall–Kier alpha value is -2.91. The lowest BCUT2D eigenvalue weighted by atomic mass is 9.68. The number of aromatic hydroxyl groups is 1. The molecule has 2 saturated heterocycles. The smallest absolute Gasteiger partial charge is 0.488 e. The van der Waals surface area contributed by atoms with Crippen molar-refractivity contribution in [2.24, 2.45) is 17.8 Å². The van der Waals surface area contributed by atoms with Crippen molar-refractivity contribution in [3.8, 4) is 5.75 Å². The Labute approximate surface area is 246 Å². The number of hydrogen-bond acceptors (Lipinski definition) is 6. The van der Waals surface area contributed by atoms with E-state index in [1.54, 1.807) is 30.3 Å². The summed E-state index contributed by atoms with van der Waals surface area (Å²) in [5.41, 5.74) is 5.18. The van der Waals surface area contributed by atoms with Crippen LogP contribution in [0.4, 0.5) is 5.69 Å². The predicted molar refractivity (Wildman–Crippen MR) is 161 cm³/mol. The van der Waals surface area contributed by atoms with Gasteiger partial charge < -0.3 is 19.9 Å². The molecule has 0 aromatic heterocycles. The fourth-order valence-electron chi connectivity index (χ4n) is 6.85. The molecule has 4 atom stereocenters. The number of carbonyl (C=O) groups excluding carboxylic acids is 2. The number of rotatable bonds is 10. The highest BCUT2D eigenvalue weighted by atomic mass is 35.5. The first-order chi connectivity index (χ1) is 19.7. The topological polar surface area (TPSA) is 107 Å². The van der Waals surface area contributed by atoms with E-state index in [0.29, 0.717) is 23.7 Å². The van der Waals surface area contributed by atoms with Crippen LogP contribution in [0.5, 0.6) is 5.75 Å². The van der Waals surface area contributed by atoms with E-state index >= 15 is 0 Å². The zero-order valence-electron chi connectivity index (χ0n) is 23.6. The lowest BCUT2D eigenvalue weighted by Gasteiger charge is -2.32. The number of anilines is 1. The van der Waals surface area contributed by atoms with Crippen LogP contribution in [0.25, 0.3) is 6.08 Å². The Morgan fingerprint density at radius 1 is 1.07 bits per heavy atom. The molecule has 1 aliphatic carbocycles. The maximum absolute atomic E-state index is 13.8. The molecule has 0 bridgehead atoms. The summed E-state index contributed by atoms with van der Waals surface area (Å²) in [5, 5.41) is 29.5. The summed E-state index contributed by atoms with van der Waals surface area (Å²) in [6.45, 7) is 4.68. The van der Waals surface area contributed by atoms with Crippen LogP contribution >= 0.6 is 11.6 Å². The van der Waals surface area contributed by atoms with Gasteiger partial charge in [-0.3, -0.25) is 14.5 Å². The summed E-state index contributed by atoms with van der Waals surface area (Å²) in [6.07, 6.45) is 7.85. The molecular formula is C32H37BClNO6. The Balaban J connectivity index is 1.39. The Morgan fingerprint density at radius 3 is 2.59 bits per heavy atom. The number of imide groups is 1. The van der Waals surface area contributed by atoms with E-state index in [9.17, 15) is 24.7 Å². The molecule has 3 aliphatic rings. The van der Waals surface area contributed by atoms with Crippen molar-refractivity contribution in [3.05, 3.63) is 69.8 Å². The molecule has 0 saturated carbocycles. The number of carbonyl (C=O) groups is 2. The van der Waals surface area contributed by atoms with Crippen molar-refractivity contribution in [2.75, 3.05) is 11.5 Å². The van der Waals surface area contributed by atoms with Crippen molar-refractivity contribution < 1.29 is 29.5 Å². The average Bonchev–Trinajstić information content (AvgIpc) is 3.47. The summed E-state index contributed by atoms with van der Waals surface area (Å²) in [4.78, 5) is 28.7. The van der Waals surface area contributed by atoms with Crippen molar-refractivity contribution in [2.45, 2.75) is 64.9 Å². The summed E-state index contributed by atoms with van der Waals surface area (Å²) in [5.74, 6) is -1.38. The molecule has 3 N–H and O–H groups in total. The Bertz CT molecular complexity index is 1390. The van der Waals surface area contributed by atoms with Gasteiger partial charge in [0, 0.05) is 5.92 Å². The number of ether oxygens (including phenoxy) is 1. The van der Waals surface area contributed by atoms with Crippen LogP contribution in [0.2, 0.25) is 5.02 Å². The molecule has 0 radical (unpaired) electrons. The number of nitrogens with zero attached hydrogens (tertiary/aromatic N) is 1. The number of phenolic OH excluding ortho intramolecular Hbond substituents is 1. The quantitative estimate of drug-likeness (QED) is 0.208. The fraction of sp³-hybridized carbons (Fsp3) is 0.438. The maximum atomic E-state index is 13.8. The number of amides is 2. The van der Waals surface area contributed by atoms with Gasteiger partial charge >= 0.3 is 7.12 Å². The molecule has 2 amide bonds. The van der Waals surface area contributed by atoms with Gasteiger partial charge in [0.25, 0.3) is 0 Å². The number of phenols is 1. The zero-order chi connectivity index (χ0) is 29.3. The molecule has 2 aromatic rings. The third-order valence-electron chi connectivity index (χ3n) is 8.63. The molecule has 0 unspecified atom stereocenters. The van der Waals surface area contributed by atoms with Gasteiger partial charge in [0.2, 0.25) is 11.8 Å². The van der Waals surface area contributed by atoms with E-state index in [1.807, 2.05) is 6.07 Å². The van der Waals surface area contributed by atoms with Gasteiger partial charge in [-0.2, -0.15) is 0 Å². The standard InChI is InChI=1S/C32H37BClNO6/c1-3-6-19(14-20-11-12-24(36)17-27(20)34)10-13-28-29-21(7-4-2)15-25-30(26(29)18-41-28)32(38)35(31(25)37)23-9-5-8-22(16-23)33(39)40/h5,8-9,11-12,14,16-17,25-26,28,30,36,39-40H,3-4,6-7,10,13,15,18H2,1-2H3/b19-14+/t25-,26+,28-,30-/m1/s1. The Morgan fingerprint density at radius 2 is 1.88 bits per heavy atom. The molecule has 9 heteroatoms. The number of hydrogen-bond donors (Lipinski definition) is 3. The van der Waals surface area contributed by atoms with E-state index in [-0.39, 0.29) is 35.0 Å². The zero-order valence-corrected chi connectivity index (χ0v) is 24.3. The van der Waals surface area contributed by atoms with Crippen molar-refractivity contribution >= 4 is 47.8 Å². The van der Waals surface area contributed by atoms with Gasteiger partial charge in [-0.15, -0.1) is 0 Å². The molecule has 0 spiro atoms. The molecule has 7 nitrogen and oxygen atoms in total. The van der Waals surface area contributed by atoms with E-state index < -0.39 is 19.0 Å². The minimum atomic E-state index is -1.69. The van der Waals surface area contributed by atoms with Crippen LogP contribution in [0.3, 0.4) is 0 Å². The monoisotopic (exact) mass is 577 g/mol. The van der Waals surface area contributed by atoms with Crippen LogP contribution in [-0.4, -0.2) is 46.8 Å². The summed E-state index contributed by atoms with van der Waals surface area (Å²) < 4.78 is 6.39. The van der Waals surface area contributed by atoms with Crippen LogP contribution in [-0.2, 0) is 14.3 Å². The largest absolute Gasteiger partial charge is 0.508 e. The van der Waals surface area contributed by atoms with Gasteiger partial charge in [-0.25, -0.2) is 0 Å². The van der Waals surface area contributed by atoms with Gasteiger partial charge in [-0.05, 0) is 79.0 Å². The van der Waals surface area contributed by atoms with Crippen molar-refractivity contribution in [3.63, 3.8) is 0 Å². The second-order valence-corrected chi connectivity index (χ2v) is 11.8. The third-order valence-corrected chi connectivity index (χ3v) is 8.96. The number of benzene rings is 2. The number of halogens is 1. The maximum Gasteiger partial charge on any atom is 0.488 e. The average molecular weight is 578 g/mol. The third kappa shape index (κ3) is 5.89. The normalized spacial score (nSPS) is 24.2. The van der Waals surface area contributed by atoms with Gasteiger partial charge in [0.15, 0.2) is 0 Å². The minimum Gasteiger partial charge on any atom is -0.508 e. The molecule has 2 aromatic carbocycles. The van der Waals surface area contributed by atoms with Gasteiger partial charge in [0.05, 0.1) is 35.3 Å². The van der Waals surface area contributed by atoms with Gasteiger partial charge in [-0.1, -0.05) is 67.6 Å². The molecule has 2 fully saturated rings. The van der Waals surface area contributed by atoms with E-state index in [4.69, 9.17) is 16.3 Å². The Kier molecular flexibility index (Phi) is 9.04. The molecule has 5 rings (SSSR count). The molecule has 2 heterocycles. The minimum absolute atomic E-state index is 0.108. The fourth-order valence-corrected chi connectivity index (χ4v) is 7.08. The van der Waals surface area contributed by atoms with Crippen LogP contribution in [0, 0.1) is 17.8 Å². The summed E-state index contributed by atoms with van der Waals surface area (Å²) in [6, 6.07) is 11.3. The van der Waals surface area contributed by atoms with Crippen LogP contribution in [0.15, 0.2) is 59.2 Å². The molecule has 2 aliphatic heterocycles. The predicted octanol–water partition coefficient (Wildman–Crippen LogP) is 5.01. The van der Waals surface area contributed by atoms with Crippen LogP contribution < -0.4 is 10.4 Å². The molecule has 41 heavy (non-hydrogen) atoms. The first-order valence-corrected chi connectivity index (χ1v) is 15.0. The van der Waals surface area contributed by atoms with Crippen molar-refractivity contribution in [1.82, 2.24) is 0 Å².